The summed E-state index contributed by atoms with van der Waals surface area (Å²) in [5.41, 5.74) is 2.03. The summed E-state index contributed by atoms with van der Waals surface area (Å²) in [6.45, 7) is 1.40. The first-order valence-electron chi connectivity index (χ1n) is 12.4. The lowest BCUT2D eigenvalue weighted by Crippen LogP contribution is -2.23. The van der Waals surface area contributed by atoms with Crippen molar-refractivity contribution < 1.29 is 18.7 Å². The second-order valence-corrected chi connectivity index (χ2v) is 9.81. The van der Waals surface area contributed by atoms with Crippen LogP contribution in [0.2, 0.25) is 0 Å². The number of halogens is 2. The van der Waals surface area contributed by atoms with Gasteiger partial charge in [0.25, 0.3) is 0 Å². The van der Waals surface area contributed by atoms with Crippen molar-refractivity contribution in [1.29, 1.82) is 0 Å². The number of nitrogens with zero attached hydrogens (tertiary/aromatic N) is 4. The third kappa shape index (κ3) is 3.70. The predicted molar refractivity (Wildman–Crippen MR) is 146 cm³/mol. The fraction of sp³-hybridized carbons (Fsp3) is 0.259. The third-order valence-corrected chi connectivity index (χ3v) is 7.32. The highest BCUT2D eigenvalue weighted by Crippen LogP contribution is 2.42. The first kappa shape index (κ1) is 24.7. The van der Waals surface area contributed by atoms with Gasteiger partial charge >= 0.3 is 5.97 Å². The highest BCUT2D eigenvalue weighted by Gasteiger charge is 2.25. The number of hydrogen-bond donors (Lipinski definition) is 4. The first-order valence-corrected chi connectivity index (χ1v) is 12.4. The van der Waals surface area contributed by atoms with E-state index in [0.717, 1.165) is 19.0 Å². The molecule has 1 aliphatic rings. The molecule has 1 saturated heterocycles. The second-order valence-electron chi connectivity index (χ2n) is 9.81. The molecule has 4 N–H and O–H groups in total. The Morgan fingerprint density at radius 3 is 2.67 bits per heavy atom. The summed E-state index contributed by atoms with van der Waals surface area (Å²) in [4.78, 5) is 39.1. The topological polar surface area (TPSA) is 128 Å². The van der Waals surface area contributed by atoms with Gasteiger partial charge in [-0.05, 0) is 19.0 Å². The average Bonchev–Trinajstić information content (AvgIpc) is 3.58. The highest BCUT2D eigenvalue weighted by molar-refractivity contribution is 6.18. The van der Waals surface area contributed by atoms with Gasteiger partial charge in [0.2, 0.25) is 5.43 Å². The van der Waals surface area contributed by atoms with E-state index in [2.05, 4.69) is 25.6 Å². The standard InChI is InChI=1S/C27H25F2N7O3/c1-30-18-7-17(28)21(29)19-20-23(35(2)3)15(10-32-25(20)34-22(18)19)12-6-14-24(37)16(27(38)39)11-36(26(14)33-8-12)13-4-5-31-9-13/h6-8,10-11,13,30-31H,4-5,9H2,1-3H3,(H,32,34)(H,38,39)/t13-/m0/s1. The minimum Gasteiger partial charge on any atom is -0.477 e. The molecule has 10 nitrogen and oxygen atoms in total. The van der Waals surface area contributed by atoms with Crippen LogP contribution in [0.5, 0.6) is 0 Å². The van der Waals surface area contributed by atoms with E-state index in [0.29, 0.717) is 51.2 Å². The van der Waals surface area contributed by atoms with E-state index >= 15 is 4.39 Å². The molecule has 5 heterocycles. The SMILES string of the molecule is CNc1cc(F)c(F)c2c1[nH]c1ncc(-c3cnc4c(c3)c(=O)c(C(=O)O)cn4[C@H]3CCNC3)c(N(C)C)c12. The Labute approximate surface area is 220 Å². The average molecular weight is 534 g/mol. The Morgan fingerprint density at radius 1 is 1.21 bits per heavy atom. The number of carbonyl (C=O) groups is 1. The smallest absolute Gasteiger partial charge is 0.341 e. The Bertz CT molecular complexity index is 1870. The van der Waals surface area contributed by atoms with E-state index in [1.807, 2.05) is 0 Å². The molecule has 200 valence electrons. The highest BCUT2D eigenvalue weighted by atomic mass is 19.2. The molecule has 0 radical (unpaired) electrons. The maximum Gasteiger partial charge on any atom is 0.341 e. The largest absolute Gasteiger partial charge is 0.477 e. The molecule has 0 unspecified atom stereocenters. The van der Waals surface area contributed by atoms with Crippen molar-refractivity contribution in [1.82, 2.24) is 24.8 Å². The number of hydrogen-bond acceptors (Lipinski definition) is 7. The van der Waals surface area contributed by atoms with Crippen molar-refractivity contribution in [3.8, 4) is 11.1 Å². The summed E-state index contributed by atoms with van der Waals surface area (Å²) in [6, 6.07) is 2.63. The molecule has 1 fully saturated rings. The number of aromatic nitrogens is 4. The van der Waals surface area contributed by atoms with Gasteiger partial charge in [-0.3, -0.25) is 4.79 Å². The van der Waals surface area contributed by atoms with Crippen LogP contribution in [0, 0.1) is 11.6 Å². The van der Waals surface area contributed by atoms with Crippen LogP contribution in [0.15, 0.2) is 35.5 Å². The van der Waals surface area contributed by atoms with E-state index in [4.69, 9.17) is 0 Å². The van der Waals surface area contributed by atoms with E-state index in [9.17, 15) is 19.1 Å². The summed E-state index contributed by atoms with van der Waals surface area (Å²) >= 11 is 0. The molecule has 12 heteroatoms. The summed E-state index contributed by atoms with van der Waals surface area (Å²) < 4.78 is 31.6. The molecule has 0 amide bonds. The maximum absolute atomic E-state index is 15.2. The zero-order valence-corrected chi connectivity index (χ0v) is 21.4. The van der Waals surface area contributed by atoms with E-state index < -0.39 is 23.0 Å². The van der Waals surface area contributed by atoms with Crippen molar-refractivity contribution in [2.75, 3.05) is 44.4 Å². The fourth-order valence-electron chi connectivity index (χ4n) is 5.50. The number of H-pyrrole nitrogens is 1. The molecule has 1 aliphatic heterocycles. The van der Waals surface area contributed by atoms with Crippen LogP contribution in [0.3, 0.4) is 0 Å². The molecule has 6 rings (SSSR count). The zero-order valence-electron chi connectivity index (χ0n) is 21.4. The summed E-state index contributed by atoms with van der Waals surface area (Å²) in [6.07, 6.45) is 5.29. The number of rotatable bonds is 5. The number of aromatic amines is 1. The summed E-state index contributed by atoms with van der Waals surface area (Å²) in [5.74, 6) is -3.33. The van der Waals surface area contributed by atoms with Gasteiger partial charge in [-0.25, -0.2) is 23.5 Å². The van der Waals surface area contributed by atoms with Crippen LogP contribution in [-0.4, -0.2) is 64.8 Å². The van der Waals surface area contributed by atoms with Crippen LogP contribution in [0.25, 0.3) is 44.1 Å². The molecule has 0 aliphatic carbocycles. The number of carboxylic acid groups (broad SMARTS) is 1. The lowest BCUT2D eigenvalue weighted by molar-refractivity contribution is 0.0694. The number of anilines is 2. The van der Waals surface area contributed by atoms with Crippen LogP contribution in [-0.2, 0) is 0 Å². The Hall–Kier alpha value is -4.58. The number of aromatic carboxylic acids is 1. The van der Waals surface area contributed by atoms with Gasteiger partial charge < -0.3 is 30.2 Å². The molecule has 1 atom stereocenters. The van der Waals surface area contributed by atoms with E-state index in [1.165, 1.54) is 6.20 Å². The fourth-order valence-corrected chi connectivity index (χ4v) is 5.50. The second kappa shape index (κ2) is 9.02. The lowest BCUT2D eigenvalue weighted by atomic mass is 10.0. The van der Waals surface area contributed by atoms with Crippen molar-refractivity contribution in [3.63, 3.8) is 0 Å². The van der Waals surface area contributed by atoms with Crippen LogP contribution < -0.4 is 21.0 Å². The Balaban J connectivity index is 1.67. The molecule has 5 aromatic rings. The zero-order chi connectivity index (χ0) is 27.6. The Morgan fingerprint density at radius 2 is 2.00 bits per heavy atom. The monoisotopic (exact) mass is 533 g/mol. The van der Waals surface area contributed by atoms with Gasteiger partial charge in [0.05, 0.1) is 33.1 Å². The molecular weight excluding hydrogens is 508 g/mol. The minimum atomic E-state index is -1.32. The van der Waals surface area contributed by atoms with Crippen molar-refractivity contribution in [2.24, 2.45) is 0 Å². The van der Waals surface area contributed by atoms with Crippen molar-refractivity contribution >= 4 is 50.3 Å². The lowest BCUT2D eigenvalue weighted by Gasteiger charge is -2.20. The van der Waals surface area contributed by atoms with Crippen LogP contribution in [0.4, 0.5) is 20.2 Å². The van der Waals surface area contributed by atoms with E-state index in [-0.39, 0.29) is 22.4 Å². The molecule has 1 aromatic carbocycles. The van der Waals surface area contributed by atoms with Gasteiger partial charge in [-0.15, -0.1) is 0 Å². The summed E-state index contributed by atoms with van der Waals surface area (Å²) in [5, 5.41) is 16.4. The first-order chi connectivity index (χ1) is 18.7. The third-order valence-electron chi connectivity index (χ3n) is 7.32. The molecular formula is C27H25F2N7O3. The van der Waals surface area contributed by atoms with Crippen molar-refractivity contribution in [3.05, 3.63) is 58.1 Å². The molecule has 4 aromatic heterocycles. The van der Waals surface area contributed by atoms with Crippen LogP contribution >= 0.6 is 0 Å². The number of benzene rings is 1. The van der Waals surface area contributed by atoms with Gasteiger partial charge in [-0.2, -0.15) is 0 Å². The van der Waals surface area contributed by atoms with E-state index in [1.54, 1.807) is 49.1 Å². The molecule has 0 spiro atoms. The van der Waals surface area contributed by atoms with Gasteiger partial charge in [0.1, 0.15) is 16.9 Å². The molecule has 0 bridgehead atoms. The maximum atomic E-state index is 15.2. The van der Waals surface area contributed by atoms with Crippen molar-refractivity contribution in [2.45, 2.75) is 12.5 Å². The minimum absolute atomic E-state index is 0.0467. The number of fused-ring (bicyclic) bond motifs is 4. The van der Waals surface area contributed by atoms with Gasteiger partial charge in [0, 0.05) is 69.5 Å². The molecule has 0 saturated carbocycles. The molecule has 39 heavy (non-hydrogen) atoms. The normalized spacial score (nSPS) is 15.5. The Kier molecular flexibility index (Phi) is 5.72. The number of pyridine rings is 3. The predicted octanol–water partition coefficient (Wildman–Crippen LogP) is 3.71. The van der Waals surface area contributed by atoms with Gasteiger partial charge in [0.15, 0.2) is 11.6 Å². The van der Waals surface area contributed by atoms with Gasteiger partial charge in [-0.1, -0.05) is 0 Å². The number of carboxylic acids is 1. The summed E-state index contributed by atoms with van der Waals surface area (Å²) in [7, 11) is 5.15. The quantitative estimate of drug-likeness (QED) is 0.269. The van der Waals surface area contributed by atoms with Crippen LogP contribution in [0.1, 0.15) is 22.8 Å². The number of nitrogens with one attached hydrogen (secondary N) is 3.